The molecule has 0 amide bonds. The zero-order valence-electron chi connectivity index (χ0n) is 8.58. The van der Waals surface area contributed by atoms with E-state index in [4.69, 9.17) is 10.5 Å². The Hall–Kier alpha value is -0.740. The van der Waals surface area contributed by atoms with Crippen LogP contribution in [0.2, 0.25) is 0 Å². The minimum Gasteiger partial charge on any atom is -0.397 e. The van der Waals surface area contributed by atoms with Crippen LogP contribution in [0.1, 0.15) is 6.42 Å². The van der Waals surface area contributed by atoms with Gasteiger partial charge in [0.2, 0.25) is 0 Å². The fraction of sp³-hybridized carbons (Fsp3) is 0.455. The number of halogens is 1. The average molecular weight is 271 g/mol. The van der Waals surface area contributed by atoms with E-state index in [1.807, 2.05) is 12.1 Å². The Balaban J connectivity index is 2.19. The summed E-state index contributed by atoms with van der Waals surface area (Å²) in [5.41, 5.74) is 7.93. The zero-order valence-corrected chi connectivity index (χ0v) is 10.2. The van der Waals surface area contributed by atoms with Crippen LogP contribution in [-0.2, 0) is 4.74 Å². The Labute approximate surface area is 98.3 Å². The van der Waals surface area contributed by atoms with E-state index in [9.17, 15) is 0 Å². The van der Waals surface area contributed by atoms with Crippen LogP contribution in [0.15, 0.2) is 22.7 Å². The van der Waals surface area contributed by atoms with Crippen molar-refractivity contribution in [2.45, 2.75) is 6.42 Å². The molecule has 0 unspecified atom stereocenters. The lowest BCUT2D eigenvalue weighted by Crippen LogP contribution is -2.26. The number of hydrogen-bond donors (Lipinski definition) is 1. The summed E-state index contributed by atoms with van der Waals surface area (Å²) in [6, 6.07) is 6.03. The summed E-state index contributed by atoms with van der Waals surface area (Å²) < 4.78 is 6.44. The van der Waals surface area contributed by atoms with Gasteiger partial charge in [-0.05, 0) is 24.6 Å². The Morgan fingerprint density at radius 1 is 1.27 bits per heavy atom. The molecule has 1 aliphatic rings. The maximum Gasteiger partial charge on any atom is 0.0641 e. The van der Waals surface area contributed by atoms with Crippen LogP contribution in [0, 0.1) is 0 Å². The molecule has 15 heavy (non-hydrogen) atoms. The molecule has 0 saturated carbocycles. The van der Waals surface area contributed by atoms with E-state index in [0.29, 0.717) is 0 Å². The first-order chi connectivity index (χ1) is 7.27. The molecule has 0 bridgehead atoms. The van der Waals surface area contributed by atoms with Crippen molar-refractivity contribution in [3.05, 3.63) is 22.7 Å². The van der Waals surface area contributed by atoms with Crippen LogP contribution in [-0.4, -0.2) is 26.3 Å². The summed E-state index contributed by atoms with van der Waals surface area (Å²) in [5.74, 6) is 0. The fourth-order valence-electron chi connectivity index (χ4n) is 1.80. The lowest BCUT2D eigenvalue weighted by molar-refractivity contribution is 0.152. The number of nitrogen functional groups attached to an aromatic ring is 1. The van der Waals surface area contributed by atoms with Crippen molar-refractivity contribution < 1.29 is 4.74 Å². The summed E-state index contributed by atoms with van der Waals surface area (Å²) in [4.78, 5) is 2.29. The number of benzene rings is 1. The molecule has 1 aromatic rings. The van der Waals surface area contributed by atoms with Crippen molar-refractivity contribution >= 4 is 27.3 Å². The molecule has 0 aromatic heterocycles. The molecule has 1 heterocycles. The summed E-state index contributed by atoms with van der Waals surface area (Å²) in [5, 5.41) is 0. The minimum atomic E-state index is 0.787. The van der Waals surface area contributed by atoms with E-state index in [1.54, 1.807) is 0 Å². The highest BCUT2D eigenvalue weighted by atomic mass is 79.9. The lowest BCUT2D eigenvalue weighted by atomic mass is 10.2. The molecular formula is C11H15BrN2O. The van der Waals surface area contributed by atoms with Gasteiger partial charge in [-0.15, -0.1) is 0 Å². The Morgan fingerprint density at radius 3 is 2.93 bits per heavy atom. The lowest BCUT2D eigenvalue weighted by Gasteiger charge is -2.23. The zero-order chi connectivity index (χ0) is 10.7. The van der Waals surface area contributed by atoms with E-state index in [-0.39, 0.29) is 0 Å². The first-order valence-electron chi connectivity index (χ1n) is 5.15. The summed E-state index contributed by atoms with van der Waals surface area (Å²) in [6.07, 6.45) is 1.06. The number of hydrogen-bond acceptors (Lipinski definition) is 3. The average Bonchev–Trinajstić information content (AvgIpc) is 2.46. The number of ether oxygens (including phenoxy) is 1. The second-order valence-electron chi connectivity index (χ2n) is 3.66. The largest absolute Gasteiger partial charge is 0.397 e. The molecule has 1 aliphatic heterocycles. The van der Waals surface area contributed by atoms with Crippen LogP contribution in [0.5, 0.6) is 0 Å². The number of nitrogens with zero attached hydrogens (tertiary/aromatic N) is 1. The Morgan fingerprint density at radius 2 is 2.13 bits per heavy atom. The highest BCUT2D eigenvalue weighted by molar-refractivity contribution is 9.10. The topological polar surface area (TPSA) is 38.5 Å². The maximum absolute atomic E-state index is 5.99. The predicted octanol–water partition coefficient (Wildman–Crippen LogP) is 2.26. The van der Waals surface area contributed by atoms with Gasteiger partial charge in [-0.2, -0.15) is 0 Å². The third-order valence-corrected chi connectivity index (χ3v) is 3.05. The summed E-state index contributed by atoms with van der Waals surface area (Å²) in [7, 11) is 0. The summed E-state index contributed by atoms with van der Waals surface area (Å²) in [6.45, 7) is 3.58. The molecule has 3 nitrogen and oxygen atoms in total. The normalized spacial score (nSPS) is 17.5. The first kappa shape index (κ1) is 10.8. The number of nitrogens with two attached hydrogens (primary N) is 1. The van der Waals surface area contributed by atoms with Crippen LogP contribution < -0.4 is 10.6 Å². The van der Waals surface area contributed by atoms with Gasteiger partial charge >= 0.3 is 0 Å². The van der Waals surface area contributed by atoms with Crippen molar-refractivity contribution in [2.24, 2.45) is 0 Å². The molecule has 2 rings (SSSR count). The van der Waals surface area contributed by atoms with Gasteiger partial charge in [-0.3, -0.25) is 0 Å². The molecule has 1 aromatic carbocycles. The van der Waals surface area contributed by atoms with E-state index in [1.165, 1.54) is 0 Å². The predicted molar refractivity (Wildman–Crippen MR) is 66.2 cm³/mol. The van der Waals surface area contributed by atoms with Crippen LogP contribution >= 0.6 is 15.9 Å². The molecule has 0 atom stereocenters. The van der Waals surface area contributed by atoms with E-state index in [0.717, 1.165) is 48.6 Å². The Kier molecular flexibility index (Phi) is 3.49. The van der Waals surface area contributed by atoms with E-state index >= 15 is 0 Å². The summed E-state index contributed by atoms with van der Waals surface area (Å²) >= 11 is 3.41. The second-order valence-corrected chi connectivity index (χ2v) is 4.57. The van der Waals surface area contributed by atoms with E-state index in [2.05, 4.69) is 26.9 Å². The molecule has 1 saturated heterocycles. The minimum absolute atomic E-state index is 0.787. The van der Waals surface area contributed by atoms with Gasteiger partial charge in [0.1, 0.15) is 0 Å². The van der Waals surface area contributed by atoms with Gasteiger partial charge < -0.3 is 15.4 Å². The maximum atomic E-state index is 5.99. The van der Waals surface area contributed by atoms with Crippen LogP contribution in [0.3, 0.4) is 0 Å². The van der Waals surface area contributed by atoms with Gasteiger partial charge in [0.05, 0.1) is 18.0 Å². The third kappa shape index (κ3) is 2.63. The third-order valence-electron chi connectivity index (χ3n) is 2.55. The van der Waals surface area contributed by atoms with Crippen LogP contribution in [0.4, 0.5) is 11.4 Å². The molecular weight excluding hydrogens is 256 g/mol. The van der Waals surface area contributed by atoms with Crippen molar-refractivity contribution in [3.63, 3.8) is 0 Å². The molecule has 4 heteroatoms. The van der Waals surface area contributed by atoms with Crippen molar-refractivity contribution in [2.75, 3.05) is 36.9 Å². The molecule has 2 N–H and O–H groups in total. The molecule has 0 radical (unpaired) electrons. The van der Waals surface area contributed by atoms with Gasteiger partial charge in [-0.25, -0.2) is 0 Å². The van der Waals surface area contributed by atoms with Gasteiger partial charge in [0.15, 0.2) is 0 Å². The van der Waals surface area contributed by atoms with Crippen molar-refractivity contribution in [3.8, 4) is 0 Å². The van der Waals surface area contributed by atoms with Crippen molar-refractivity contribution in [1.29, 1.82) is 0 Å². The van der Waals surface area contributed by atoms with E-state index < -0.39 is 0 Å². The number of anilines is 2. The van der Waals surface area contributed by atoms with Gasteiger partial charge in [-0.1, -0.05) is 15.9 Å². The highest BCUT2D eigenvalue weighted by Gasteiger charge is 2.12. The van der Waals surface area contributed by atoms with Crippen molar-refractivity contribution in [1.82, 2.24) is 0 Å². The SMILES string of the molecule is Nc1cc(Br)ccc1N1CCCOCC1. The fourth-order valence-corrected chi connectivity index (χ4v) is 2.18. The molecule has 0 spiro atoms. The van der Waals surface area contributed by atoms with Crippen LogP contribution in [0.25, 0.3) is 0 Å². The second kappa shape index (κ2) is 4.86. The van der Waals surface area contributed by atoms with Gasteiger partial charge in [0.25, 0.3) is 0 Å². The molecule has 0 aliphatic carbocycles. The monoisotopic (exact) mass is 270 g/mol. The standard InChI is InChI=1S/C11H15BrN2O/c12-9-2-3-11(10(13)8-9)14-4-1-6-15-7-5-14/h2-3,8H,1,4-7,13H2. The molecule has 1 fully saturated rings. The first-order valence-corrected chi connectivity index (χ1v) is 5.94. The quantitative estimate of drug-likeness (QED) is 0.796. The smallest absolute Gasteiger partial charge is 0.0641 e. The molecule has 82 valence electrons. The highest BCUT2D eigenvalue weighted by Crippen LogP contribution is 2.27. The van der Waals surface area contributed by atoms with Gasteiger partial charge in [0, 0.05) is 24.2 Å². The number of rotatable bonds is 1. The Bertz CT molecular complexity index is 335.